The van der Waals surface area contributed by atoms with E-state index >= 15 is 0 Å². The molecule has 1 saturated carbocycles. The number of carbonyl (C=O) groups is 2. The Labute approximate surface area is 235 Å². The Balaban J connectivity index is 1.39. The number of aryl methyl sites for hydroxylation is 1. The van der Waals surface area contributed by atoms with Crippen LogP contribution < -0.4 is 14.8 Å². The Morgan fingerprint density at radius 1 is 0.872 bits per heavy atom. The second kappa shape index (κ2) is 13.0. The lowest BCUT2D eigenvalue weighted by Gasteiger charge is -2.32. The lowest BCUT2D eigenvalue weighted by molar-refractivity contribution is -0.141. The first kappa shape index (κ1) is 27.1. The smallest absolute Gasteiger partial charge is 0.243 e. The summed E-state index contributed by atoms with van der Waals surface area (Å²) in [5.74, 6) is 1.28. The zero-order chi connectivity index (χ0) is 27.0. The van der Waals surface area contributed by atoms with E-state index in [1.807, 2.05) is 72.8 Å². The molecule has 3 aromatic carbocycles. The van der Waals surface area contributed by atoms with E-state index in [-0.39, 0.29) is 24.3 Å². The van der Waals surface area contributed by atoms with Crippen LogP contribution in [0.3, 0.4) is 0 Å². The molecule has 3 aromatic rings. The van der Waals surface area contributed by atoms with E-state index in [2.05, 4.69) is 5.32 Å². The van der Waals surface area contributed by atoms with Crippen LogP contribution in [0.2, 0.25) is 5.02 Å². The number of nitrogens with zero attached hydrogens (tertiary/aromatic N) is 1. The van der Waals surface area contributed by atoms with E-state index in [9.17, 15) is 9.59 Å². The molecule has 1 fully saturated rings. The first-order chi connectivity index (χ1) is 19.0. The van der Waals surface area contributed by atoms with Crippen LogP contribution in [-0.4, -0.2) is 42.0 Å². The van der Waals surface area contributed by atoms with Gasteiger partial charge < -0.3 is 19.7 Å². The van der Waals surface area contributed by atoms with Gasteiger partial charge in [-0.1, -0.05) is 73.0 Å². The first-order valence-electron chi connectivity index (χ1n) is 13.8. The average molecular weight is 547 g/mol. The SMILES string of the molecule is O=C(NC1CCCC1)C(Cc1ccccc1)N(Cc1ccc(Cl)cc1)C(=O)CCc1ccc2c(c1)OCCO2. The van der Waals surface area contributed by atoms with Crippen molar-refractivity contribution >= 4 is 23.4 Å². The maximum Gasteiger partial charge on any atom is 0.243 e. The van der Waals surface area contributed by atoms with Crippen LogP contribution in [0.15, 0.2) is 72.8 Å². The molecule has 5 rings (SSSR count). The molecule has 0 bridgehead atoms. The molecular weight excluding hydrogens is 512 g/mol. The summed E-state index contributed by atoms with van der Waals surface area (Å²) in [6, 6.07) is 22.7. The standard InChI is InChI=1S/C32H35ClN2O4/c33-26-14-10-25(11-15-26)22-35(31(36)17-13-24-12-16-29-30(21-24)39-19-18-38-29)28(20-23-6-2-1-3-7-23)32(37)34-27-8-4-5-9-27/h1-3,6-7,10-12,14-16,21,27-28H,4-5,8-9,13,17-20,22H2,(H,34,37). The van der Waals surface area contributed by atoms with Crippen LogP contribution in [0.25, 0.3) is 0 Å². The quantitative estimate of drug-likeness (QED) is 0.352. The highest BCUT2D eigenvalue weighted by atomic mass is 35.5. The van der Waals surface area contributed by atoms with Crippen molar-refractivity contribution in [3.05, 3.63) is 94.5 Å². The van der Waals surface area contributed by atoms with Gasteiger partial charge >= 0.3 is 0 Å². The van der Waals surface area contributed by atoms with Gasteiger partial charge in [-0.05, 0) is 60.2 Å². The van der Waals surface area contributed by atoms with Crippen molar-refractivity contribution in [1.82, 2.24) is 10.2 Å². The molecule has 1 aliphatic heterocycles. The Hall–Kier alpha value is -3.51. The summed E-state index contributed by atoms with van der Waals surface area (Å²) in [6.45, 7) is 1.38. The fourth-order valence-corrected chi connectivity index (χ4v) is 5.47. The normalized spacial score (nSPS) is 15.5. The molecule has 39 heavy (non-hydrogen) atoms. The summed E-state index contributed by atoms with van der Waals surface area (Å²) in [7, 11) is 0. The number of hydrogen-bond donors (Lipinski definition) is 1. The number of benzene rings is 3. The number of ether oxygens (including phenoxy) is 2. The minimum atomic E-state index is -0.628. The summed E-state index contributed by atoms with van der Waals surface area (Å²) < 4.78 is 11.4. The van der Waals surface area contributed by atoms with Crippen molar-refractivity contribution in [2.24, 2.45) is 0 Å². The zero-order valence-corrected chi connectivity index (χ0v) is 22.9. The van der Waals surface area contributed by atoms with Gasteiger partial charge in [-0.2, -0.15) is 0 Å². The van der Waals surface area contributed by atoms with Gasteiger partial charge in [0.05, 0.1) is 0 Å². The summed E-state index contributed by atoms with van der Waals surface area (Å²) in [5.41, 5.74) is 2.94. The highest BCUT2D eigenvalue weighted by molar-refractivity contribution is 6.30. The van der Waals surface area contributed by atoms with E-state index in [0.29, 0.717) is 43.4 Å². The molecular formula is C32H35ClN2O4. The molecule has 0 radical (unpaired) electrons. The van der Waals surface area contributed by atoms with Crippen LogP contribution >= 0.6 is 11.6 Å². The molecule has 0 aromatic heterocycles. The Kier molecular flexibility index (Phi) is 9.04. The Morgan fingerprint density at radius 3 is 2.31 bits per heavy atom. The van der Waals surface area contributed by atoms with Gasteiger partial charge in [-0.15, -0.1) is 0 Å². The van der Waals surface area contributed by atoms with Crippen LogP contribution in [0.4, 0.5) is 0 Å². The van der Waals surface area contributed by atoms with Crippen LogP contribution in [0, 0.1) is 0 Å². The Morgan fingerprint density at radius 2 is 1.56 bits per heavy atom. The monoisotopic (exact) mass is 546 g/mol. The summed E-state index contributed by atoms with van der Waals surface area (Å²) in [6.07, 6.45) is 5.47. The molecule has 0 saturated heterocycles. The molecule has 6 nitrogen and oxygen atoms in total. The van der Waals surface area contributed by atoms with Gasteiger partial charge in [0.15, 0.2) is 11.5 Å². The van der Waals surface area contributed by atoms with E-state index < -0.39 is 6.04 Å². The third kappa shape index (κ3) is 7.33. The van der Waals surface area contributed by atoms with Gasteiger partial charge in [-0.3, -0.25) is 9.59 Å². The van der Waals surface area contributed by atoms with Crippen molar-refractivity contribution in [1.29, 1.82) is 0 Å². The number of rotatable bonds is 10. The topological polar surface area (TPSA) is 67.9 Å². The molecule has 2 amide bonds. The average Bonchev–Trinajstić information content (AvgIpc) is 3.48. The predicted octanol–water partition coefficient (Wildman–Crippen LogP) is 5.74. The number of amides is 2. The minimum Gasteiger partial charge on any atom is -0.486 e. The first-order valence-corrected chi connectivity index (χ1v) is 14.2. The molecule has 7 heteroatoms. The highest BCUT2D eigenvalue weighted by Crippen LogP contribution is 2.31. The summed E-state index contributed by atoms with van der Waals surface area (Å²) in [4.78, 5) is 29.4. The second-order valence-corrected chi connectivity index (χ2v) is 10.8. The number of hydrogen-bond acceptors (Lipinski definition) is 4. The molecule has 1 unspecified atom stereocenters. The van der Waals surface area contributed by atoms with Gasteiger partial charge in [0.1, 0.15) is 19.3 Å². The van der Waals surface area contributed by atoms with E-state index in [4.69, 9.17) is 21.1 Å². The fourth-order valence-electron chi connectivity index (χ4n) is 5.35. The molecule has 2 aliphatic rings. The summed E-state index contributed by atoms with van der Waals surface area (Å²) in [5, 5.41) is 3.89. The summed E-state index contributed by atoms with van der Waals surface area (Å²) >= 11 is 6.13. The number of carbonyl (C=O) groups excluding carboxylic acids is 2. The Bertz CT molecular complexity index is 1260. The minimum absolute atomic E-state index is 0.0673. The number of fused-ring (bicyclic) bond motifs is 1. The van der Waals surface area contributed by atoms with Crippen molar-refractivity contribution in [3.8, 4) is 11.5 Å². The van der Waals surface area contributed by atoms with Crippen molar-refractivity contribution in [2.75, 3.05) is 13.2 Å². The lowest BCUT2D eigenvalue weighted by Crippen LogP contribution is -2.52. The molecule has 1 heterocycles. The third-order valence-electron chi connectivity index (χ3n) is 7.47. The van der Waals surface area contributed by atoms with Crippen molar-refractivity contribution < 1.29 is 19.1 Å². The number of halogens is 1. The van der Waals surface area contributed by atoms with Gasteiger partial charge in [0.2, 0.25) is 11.8 Å². The largest absolute Gasteiger partial charge is 0.486 e. The molecule has 1 aliphatic carbocycles. The van der Waals surface area contributed by atoms with E-state index in [1.54, 1.807) is 4.90 Å². The van der Waals surface area contributed by atoms with E-state index in [0.717, 1.165) is 48.1 Å². The predicted molar refractivity (Wildman–Crippen MR) is 152 cm³/mol. The van der Waals surface area contributed by atoms with Gasteiger partial charge in [0.25, 0.3) is 0 Å². The fraction of sp³-hybridized carbons (Fsp3) is 0.375. The highest BCUT2D eigenvalue weighted by Gasteiger charge is 2.32. The van der Waals surface area contributed by atoms with Crippen LogP contribution in [-0.2, 0) is 29.0 Å². The lowest BCUT2D eigenvalue weighted by atomic mass is 10.0. The molecule has 0 spiro atoms. The van der Waals surface area contributed by atoms with Gasteiger partial charge in [0, 0.05) is 30.5 Å². The molecule has 204 valence electrons. The van der Waals surface area contributed by atoms with Gasteiger partial charge in [-0.25, -0.2) is 0 Å². The maximum absolute atomic E-state index is 13.9. The van der Waals surface area contributed by atoms with Crippen molar-refractivity contribution in [3.63, 3.8) is 0 Å². The van der Waals surface area contributed by atoms with Crippen LogP contribution in [0.1, 0.15) is 48.8 Å². The maximum atomic E-state index is 13.9. The zero-order valence-electron chi connectivity index (χ0n) is 22.1. The van der Waals surface area contributed by atoms with Crippen molar-refractivity contribution in [2.45, 2.75) is 63.6 Å². The second-order valence-electron chi connectivity index (χ2n) is 10.3. The third-order valence-corrected chi connectivity index (χ3v) is 7.72. The van der Waals surface area contributed by atoms with E-state index in [1.165, 1.54) is 0 Å². The molecule has 1 atom stereocenters. The number of nitrogens with one attached hydrogen (secondary N) is 1. The molecule has 1 N–H and O–H groups in total. The van der Waals surface area contributed by atoms with Crippen LogP contribution in [0.5, 0.6) is 11.5 Å².